The van der Waals surface area contributed by atoms with Crippen molar-refractivity contribution in [1.29, 1.82) is 0 Å². The Morgan fingerprint density at radius 3 is 2.24 bits per heavy atom. The summed E-state index contributed by atoms with van der Waals surface area (Å²) in [4.78, 5) is 72.1. The molecule has 0 N–H and O–H groups in total. The van der Waals surface area contributed by atoms with Gasteiger partial charge < -0.3 is 9.80 Å². The number of aromatic nitrogens is 5. The molecule has 5 heterocycles. The molecular formula is C37H38BrN7O4. The number of pyridine rings is 1. The summed E-state index contributed by atoms with van der Waals surface area (Å²) in [5, 5.41) is 5.25. The van der Waals surface area contributed by atoms with Crippen LogP contribution in [-0.4, -0.2) is 82.1 Å². The molecule has 12 heteroatoms. The van der Waals surface area contributed by atoms with Gasteiger partial charge in [-0.1, -0.05) is 26.0 Å². The minimum absolute atomic E-state index is 0.00601. The summed E-state index contributed by atoms with van der Waals surface area (Å²) in [5.41, 5.74) is 4.01. The van der Waals surface area contributed by atoms with Crippen LogP contribution >= 0.6 is 15.9 Å². The number of halogens is 1. The van der Waals surface area contributed by atoms with Crippen molar-refractivity contribution in [3.05, 3.63) is 70.1 Å². The van der Waals surface area contributed by atoms with Crippen molar-refractivity contribution < 1.29 is 19.2 Å². The van der Waals surface area contributed by atoms with Gasteiger partial charge in [0.15, 0.2) is 11.6 Å². The van der Waals surface area contributed by atoms with E-state index < -0.39 is 12.1 Å². The predicted octanol–water partition coefficient (Wildman–Crippen LogP) is 5.04. The van der Waals surface area contributed by atoms with Crippen LogP contribution in [0.4, 0.5) is 0 Å². The number of benzene rings is 1. The summed E-state index contributed by atoms with van der Waals surface area (Å²) < 4.78 is 2.25. The first-order valence-corrected chi connectivity index (χ1v) is 17.6. The molecule has 2 aliphatic carbocycles. The van der Waals surface area contributed by atoms with E-state index in [1.165, 1.54) is 6.92 Å². The van der Waals surface area contributed by atoms with Gasteiger partial charge >= 0.3 is 0 Å². The van der Waals surface area contributed by atoms with Crippen molar-refractivity contribution in [3.8, 4) is 11.1 Å². The van der Waals surface area contributed by atoms with Crippen molar-refractivity contribution in [2.75, 3.05) is 0 Å². The van der Waals surface area contributed by atoms with Crippen LogP contribution in [0.3, 0.4) is 0 Å². The molecule has 252 valence electrons. The minimum Gasteiger partial charge on any atom is -0.327 e. The number of fused-ring (bicyclic) bond motifs is 3. The van der Waals surface area contributed by atoms with Crippen LogP contribution < -0.4 is 0 Å². The normalized spacial score (nSPS) is 28.0. The number of carbonyl (C=O) groups excluding carboxylic acids is 4. The van der Waals surface area contributed by atoms with Gasteiger partial charge in [-0.15, -0.1) is 0 Å². The van der Waals surface area contributed by atoms with Crippen LogP contribution in [0, 0.1) is 24.7 Å². The second-order valence-electron chi connectivity index (χ2n) is 15.1. The first kappa shape index (κ1) is 31.9. The number of piperidine rings is 2. The molecule has 8 rings (SSSR count). The van der Waals surface area contributed by atoms with Gasteiger partial charge in [-0.3, -0.25) is 23.9 Å². The average Bonchev–Trinajstić information content (AvgIpc) is 3.75. The Labute approximate surface area is 292 Å². The van der Waals surface area contributed by atoms with Gasteiger partial charge in [0, 0.05) is 42.4 Å². The van der Waals surface area contributed by atoms with Crippen molar-refractivity contribution in [1.82, 2.24) is 34.5 Å². The Balaban J connectivity index is 1.07. The summed E-state index contributed by atoms with van der Waals surface area (Å²) in [7, 11) is 0. The number of hydrogen-bond acceptors (Lipinski definition) is 8. The number of nitrogens with zero attached hydrogens (tertiary/aromatic N) is 7. The van der Waals surface area contributed by atoms with E-state index in [4.69, 9.17) is 0 Å². The van der Waals surface area contributed by atoms with Crippen LogP contribution in [-0.2, 0) is 27.3 Å². The minimum atomic E-state index is -0.650. The molecule has 2 amide bonds. The SMILES string of the molecule is CC(=O)c1nn(CC(=O)N2[C@H](C(=O)N3[C@H](C(=O)Cc4nc(Br)ccc4C)C[C@@]4(C)C[C@@H]34)C[C@@]3(C)C[C@@H]23)c2ccc(-c3cnc(C)nc3)cc12. The molecule has 11 nitrogen and oxygen atoms in total. The maximum absolute atomic E-state index is 14.6. The number of amides is 2. The Hall–Kier alpha value is -4.32. The third kappa shape index (κ3) is 5.30. The molecule has 0 spiro atoms. The zero-order valence-corrected chi connectivity index (χ0v) is 29.8. The fourth-order valence-electron chi connectivity index (χ4n) is 8.39. The molecule has 2 aliphatic heterocycles. The fourth-order valence-corrected chi connectivity index (χ4v) is 8.73. The van der Waals surface area contributed by atoms with Gasteiger partial charge in [0.2, 0.25) is 11.8 Å². The lowest BCUT2D eigenvalue weighted by molar-refractivity contribution is -0.148. The Morgan fingerprint density at radius 2 is 1.55 bits per heavy atom. The number of carbonyl (C=O) groups is 4. The van der Waals surface area contributed by atoms with Crippen LogP contribution in [0.25, 0.3) is 22.0 Å². The molecule has 0 radical (unpaired) electrons. The number of likely N-dealkylation sites (tertiary alicyclic amines) is 2. The Kier molecular flexibility index (Phi) is 7.23. The molecule has 4 fully saturated rings. The first-order chi connectivity index (χ1) is 23.3. The summed E-state index contributed by atoms with van der Waals surface area (Å²) in [5.74, 6) is 0.0960. The Morgan fingerprint density at radius 1 is 0.878 bits per heavy atom. The van der Waals surface area contributed by atoms with Crippen molar-refractivity contribution >= 4 is 50.2 Å². The van der Waals surface area contributed by atoms with Crippen LogP contribution in [0.15, 0.2) is 47.3 Å². The van der Waals surface area contributed by atoms with Crippen molar-refractivity contribution in [3.63, 3.8) is 0 Å². The fraction of sp³-hybridized carbons (Fsp3) is 0.459. The van der Waals surface area contributed by atoms with E-state index in [2.05, 4.69) is 49.8 Å². The topological polar surface area (TPSA) is 131 Å². The summed E-state index contributed by atoms with van der Waals surface area (Å²) in [6.07, 6.45) is 6.52. The van der Waals surface area contributed by atoms with E-state index in [1.807, 2.05) is 49.1 Å². The van der Waals surface area contributed by atoms with Crippen molar-refractivity contribution in [2.45, 2.75) is 97.4 Å². The largest absolute Gasteiger partial charge is 0.327 e. The number of ketones is 2. The highest BCUT2D eigenvalue weighted by atomic mass is 79.9. The van der Waals surface area contributed by atoms with Gasteiger partial charge in [-0.05, 0) is 95.6 Å². The lowest BCUT2D eigenvalue weighted by Crippen LogP contribution is -2.54. The monoisotopic (exact) mass is 723 g/mol. The molecule has 3 aromatic heterocycles. The van der Waals surface area contributed by atoms with Gasteiger partial charge in [0.25, 0.3) is 0 Å². The molecule has 4 aromatic rings. The van der Waals surface area contributed by atoms with E-state index in [-0.39, 0.29) is 65.0 Å². The highest BCUT2D eigenvalue weighted by Crippen LogP contribution is 2.62. The van der Waals surface area contributed by atoms with Gasteiger partial charge in [0.05, 0.1) is 23.7 Å². The third-order valence-electron chi connectivity index (χ3n) is 11.5. The maximum atomic E-state index is 14.6. The smallest absolute Gasteiger partial charge is 0.246 e. The summed E-state index contributed by atoms with van der Waals surface area (Å²) in [6.45, 7) is 9.40. The number of Topliss-reactive ketones (excluding diaryl/α,β-unsaturated/α-hetero) is 2. The molecule has 2 saturated heterocycles. The lowest BCUT2D eigenvalue weighted by Gasteiger charge is -2.34. The molecule has 4 aliphatic rings. The molecule has 6 atom stereocenters. The quantitative estimate of drug-likeness (QED) is 0.183. The van der Waals surface area contributed by atoms with Crippen LogP contribution in [0.1, 0.15) is 74.0 Å². The van der Waals surface area contributed by atoms with Crippen LogP contribution in [0.5, 0.6) is 0 Å². The van der Waals surface area contributed by atoms with Gasteiger partial charge in [-0.2, -0.15) is 5.10 Å². The van der Waals surface area contributed by atoms with Crippen LogP contribution in [0.2, 0.25) is 0 Å². The molecule has 1 aromatic carbocycles. The average molecular weight is 725 g/mol. The number of rotatable bonds is 8. The highest BCUT2D eigenvalue weighted by Gasteiger charge is 2.69. The second-order valence-corrected chi connectivity index (χ2v) is 15.9. The van der Waals surface area contributed by atoms with E-state index >= 15 is 0 Å². The lowest BCUT2D eigenvalue weighted by atomic mass is 9.95. The first-order valence-electron chi connectivity index (χ1n) is 16.8. The summed E-state index contributed by atoms with van der Waals surface area (Å²) in [6, 6.07) is 8.20. The van der Waals surface area contributed by atoms with Gasteiger partial charge in [0.1, 0.15) is 28.7 Å². The Bertz CT molecular complexity index is 2100. The molecule has 0 unspecified atom stereocenters. The van der Waals surface area contributed by atoms with Gasteiger partial charge in [-0.25, -0.2) is 15.0 Å². The third-order valence-corrected chi connectivity index (χ3v) is 11.9. The molecule has 49 heavy (non-hydrogen) atoms. The maximum Gasteiger partial charge on any atom is 0.246 e. The zero-order valence-electron chi connectivity index (χ0n) is 28.2. The molecule has 2 saturated carbocycles. The van der Waals surface area contributed by atoms with E-state index in [9.17, 15) is 19.2 Å². The van der Waals surface area contributed by atoms with E-state index in [0.717, 1.165) is 29.5 Å². The van der Waals surface area contributed by atoms with E-state index in [0.29, 0.717) is 39.9 Å². The van der Waals surface area contributed by atoms with Crippen molar-refractivity contribution in [2.24, 2.45) is 10.8 Å². The number of aryl methyl sites for hydroxylation is 2. The molecular weight excluding hydrogens is 686 g/mol. The highest BCUT2D eigenvalue weighted by molar-refractivity contribution is 9.10. The number of hydrogen-bond donors (Lipinski definition) is 0. The van der Waals surface area contributed by atoms with E-state index in [1.54, 1.807) is 22.0 Å². The molecule has 0 bridgehead atoms. The second kappa shape index (κ2) is 11.1. The standard InChI is InChI=1S/C37H38BrN7O4/c1-19-6-9-32(38)41-25(19)11-29(47)27-12-36(4)15-31(36)45(27)35(49)28-13-37(5)14-30(37)44(28)33(48)18-43-26-8-7-22(23-16-39-21(3)40-17-23)10-24(26)34(42-43)20(2)46/h6-10,16-17,27-28,30-31H,11-15,18H2,1-5H3/t27-,28-,30+,31+,36-,37-/m0/s1. The summed E-state index contributed by atoms with van der Waals surface area (Å²) >= 11 is 3.42. The predicted molar refractivity (Wildman–Crippen MR) is 184 cm³/mol. The zero-order chi connectivity index (χ0) is 34.6.